The molecule has 1 heterocycles. The lowest BCUT2D eigenvalue weighted by Crippen LogP contribution is -2.47. The van der Waals surface area contributed by atoms with Crippen molar-refractivity contribution in [3.63, 3.8) is 0 Å². The molecule has 0 bridgehead atoms. The average Bonchev–Trinajstić information content (AvgIpc) is 2.38. The third-order valence-electron chi connectivity index (χ3n) is 4.29. The van der Waals surface area contributed by atoms with Crippen LogP contribution in [0.15, 0.2) is 0 Å². The lowest BCUT2D eigenvalue weighted by atomic mass is 9.95. The van der Waals surface area contributed by atoms with Gasteiger partial charge in [-0.25, -0.2) is 0 Å². The number of rotatable bonds is 5. The van der Waals surface area contributed by atoms with E-state index in [0.29, 0.717) is 5.92 Å². The zero-order valence-electron chi connectivity index (χ0n) is 12.4. The van der Waals surface area contributed by atoms with Gasteiger partial charge in [-0.3, -0.25) is 4.79 Å². The maximum absolute atomic E-state index is 12.2. The summed E-state index contributed by atoms with van der Waals surface area (Å²) in [5, 5.41) is 0. The van der Waals surface area contributed by atoms with Crippen molar-refractivity contribution in [2.24, 2.45) is 17.6 Å². The van der Waals surface area contributed by atoms with Crippen LogP contribution < -0.4 is 5.73 Å². The Hall–Kier alpha value is -0.610. The van der Waals surface area contributed by atoms with E-state index in [4.69, 9.17) is 5.73 Å². The fourth-order valence-corrected chi connectivity index (χ4v) is 2.47. The largest absolute Gasteiger partial charge is 0.344 e. The van der Waals surface area contributed by atoms with Crippen molar-refractivity contribution in [1.29, 1.82) is 0 Å². The molecule has 18 heavy (non-hydrogen) atoms. The predicted octanol–water partition coefficient (Wildman–Crippen LogP) is 1.16. The van der Waals surface area contributed by atoms with Gasteiger partial charge in [0.15, 0.2) is 0 Å². The molecule has 106 valence electrons. The lowest BCUT2D eigenvalue weighted by Gasteiger charge is -2.33. The molecule has 4 heteroatoms. The minimum Gasteiger partial charge on any atom is -0.344 e. The maximum Gasteiger partial charge on any atom is 0.239 e. The van der Waals surface area contributed by atoms with E-state index in [1.807, 2.05) is 18.9 Å². The highest BCUT2D eigenvalue weighted by atomic mass is 16.2. The minimum atomic E-state index is -0.341. The monoisotopic (exact) mass is 255 g/mol. The molecule has 1 rings (SSSR count). The van der Waals surface area contributed by atoms with Gasteiger partial charge in [0, 0.05) is 13.6 Å². The number of carbonyl (C=O) groups excluding carboxylic acids is 1. The number of likely N-dealkylation sites (tertiary alicyclic amines) is 1. The summed E-state index contributed by atoms with van der Waals surface area (Å²) in [5.74, 6) is 1.000. The van der Waals surface area contributed by atoms with Gasteiger partial charge >= 0.3 is 0 Å². The molecule has 1 aliphatic heterocycles. The Morgan fingerprint density at radius 1 is 1.44 bits per heavy atom. The van der Waals surface area contributed by atoms with Gasteiger partial charge in [0.2, 0.25) is 5.91 Å². The number of nitrogens with two attached hydrogens (primary N) is 1. The molecule has 0 aliphatic carbocycles. The Morgan fingerprint density at radius 2 is 2.00 bits per heavy atom. The molecule has 1 aliphatic rings. The van der Waals surface area contributed by atoms with Crippen molar-refractivity contribution >= 4 is 5.91 Å². The molecule has 0 saturated carbocycles. The summed E-state index contributed by atoms with van der Waals surface area (Å²) in [6.45, 7) is 7.27. The van der Waals surface area contributed by atoms with Crippen LogP contribution in [0, 0.1) is 11.8 Å². The first-order valence-corrected chi connectivity index (χ1v) is 7.14. The maximum atomic E-state index is 12.2. The van der Waals surface area contributed by atoms with Crippen LogP contribution >= 0.6 is 0 Å². The van der Waals surface area contributed by atoms with Crippen molar-refractivity contribution in [2.75, 3.05) is 33.7 Å². The standard InChI is InChI=1S/C14H29N3O/c1-5-11(2)13(15)14(18)17(4)10-12-6-8-16(3)9-7-12/h11-13H,5-10,15H2,1-4H3/t11-,13-/m0/s1. The van der Waals surface area contributed by atoms with Gasteiger partial charge in [-0.2, -0.15) is 0 Å². The fourth-order valence-electron chi connectivity index (χ4n) is 2.47. The molecule has 2 N–H and O–H groups in total. The number of piperidine rings is 1. The van der Waals surface area contributed by atoms with E-state index in [2.05, 4.69) is 18.9 Å². The van der Waals surface area contributed by atoms with E-state index in [1.165, 1.54) is 12.8 Å². The summed E-state index contributed by atoms with van der Waals surface area (Å²) < 4.78 is 0. The molecule has 1 amide bonds. The Bertz CT molecular complexity index is 262. The van der Waals surface area contributed by atoms with Crippen molar-refractivity contribution in [1.82, 2.24) is 9.80 Å². The van der Waals surface area contributed by atoms with E-state index in [-0.39, 0.29) is 17.9 Å². The van der Waals surface area contributed by atoms with Gasteiger partial charge in [-0.05, 0) is 44.8 Å². The number of likely N-dealkylation sites (N-methyl/N-ethyl adjacent to an activating group) is 1. The first-order valence-electron chi connectivity index (χ1n) is 7.14. The predicted molar refractivity (Wildman–Crippen MR) is 75.3 cm³/mol. The molecule has 0 spiro atoms. The van der Waals surface area contributed by atoms with Crippen LogP contribution in [0.2, 0.25) is 0 Å². The van der Waals surface area contributed by atoms with Gasteiger partial charge < -0.3 is 15.5 Å². The van der Waals surface area contributed by atoms with E-state index >= 15 is 0 Å². The molecule has 4 nitrogen and oxygen atoms in total. The summed E-state index contributed by atoms with van der Waals surface area (Å²) in [5.41, 5.74) is 6.00. The Morgan fingerprint density at radius 3 is 2.50 bits per heavy atom. The molecule has 0 unspecified atom stereocenters. The number of hydrogen-bond acceptors (Lipinski definition) is 3. The van der Waals surface area contributed by atoms with Gasteiger partial charge in [0.1, 0.15) is 0 Å². The highest BCUT2D eigenvalue weighted by Gasteiger charge is 2.25. The van der Waals surface area contributed by atoms with Crippen LogP contribution in [-0.4, -0.2) is 55.5 Å². The molecule has 0 aromatic carbocycles. The normalized spacial score (nSPS) is 21.6. The second kappa shape index (κ2) is 7.10. The fraction of sp³-hybridized carbons (Fsp3) is 0.929. The molecule has 2 atom stereocenters. The third kappa shape index (κ3) is 4.25. The summed E-state index contributed by atoms with van der Waals surface area (Å²) in [6, 6.07) is -0.341. The highest BCUT2D eigenvalue weighted by molar-refractivity contribution is 5.81. The third-order valence-corrected chi connectivity index (χ3v) is 4.29. The Balaban J connectivity index is 2.40. The summed E-state index contributed by atoms with van der Waals surface area (Å²) in [4.78, 5) is 16.4. The smallest absolute Gasteiger partial charge is 0.239 e. The van der Waals surface area contributed by atoms with Crippen LogP contribution in [-0.2, 0) is 4.79 Å². The van der Waals surface area contributed by atoms with Crippen LogP contribution in [0.3, 0.4) is 0 Å². The summed E-state index contributed by atoms with van der Waals surface area (Å²) in [6.07, 6.45) is 3.33. The highest BCUT2D eigenvalue weighted by Crippen LogP contribution is 2.17. The van der Waals surface area contributed by atoms with E-state index in [9.17, 15) is 4.79 Å². The molecular formula is C14H29N3O. The molecule has 0 radical (unpaired) electrons. The van der Waals surface area contributed by atoms with Gasteiger partial charge in [0.25, 0.3) is 0 Å². The molecule has 0 aromatic rings. The van der Waals surface area contributed by atoms with Crippen molar-refractivity contribution in [2.45, 2.75) is 39.2 Å². The van der Waals surface area contributed by atoms with Gasteiger partial charge in [-0.1, -0.05) is 20.3 Å². The van der Waals surface area contributed by atoms with Crippen molar-refractivity contribution in [3.8, 4) is 0 Å². The quantitative estimate of drug-likeness (QED) is 0.802. The first kappa shape index (κ1) is 15.4. The Kier molecular flexibility index (Phi) is 6.09. The van der Waals surface area contributed by atoms with Gasteiger partial charge in [0.05, 0.1) is 6.04 Å². The minimum absolute atomic E-state index is 0.100. The number of carbonyl (C=O) groups is 1. The number of hydrogen-bond donors (Lipinski definition) is 1. The van der Waals surface area contributed by atoms with E-state index < -0.39 is 0 Å². The summed E-state index contributed by atoms with van der Waals surface area (Å²) in [7, 11) is 4.05. The van der Waals surface area contributed by atoms with Crippen molar-refractivity contribution < 1.29 is 4.79 Å². The number of nitrogens with zero attached hydrogens (tertiary/aromatic N) is 2. The first-order chi connectivity index (χ1) is 8.45. The van der Waals surface area contributed by atoms with E-state index in [1.54, 1.807) is 0 Å². The van der Waals surface area contributed by atoms with Crippen molar-refractivity contribution in [3.05, 3.63) is 0 Å². The van der Waals surface area contributed by atoms with Crippen LogP contribution in [0.25, 0.3) is 0 Å². The average molecular weight is 255 g/mol. The SMILES string of the molecule is CC[C@H](C)[C@H](N)C(=O)N(C)CC1CCN(C)CC1. The van der Waals surface area contributed by atoms with Crippen LogP contribution in [0.4, 0.5) is 0 Å². The number of amides is 1. The zero-order valence-corrected chi connectivity index (χ0v) is 12.4. The molecule has 1 fully saturated rings. The zero-order chi connectivity index (χ0) is 13.7. The second-order valence-corrected chi connectivity index (χ2v) is 5.88. The second-order valence-electron chi connectivity index (χ2n) is 5.88. The lowest BCUT2D eigenvalue weighted by molar-refractivity contribution is -0.133. The molecule has 0 aromatic heterocycles. The van der Waals surface area contributed by atoms with Crippen LogP contribution in [0.1, 0.15) is 33.1 Å². The molecule has 1 saturated heterocycles. The summed E-state index contributed by atoms with van der Waals surface area (Å²) >= 11 is 0. The topological polar surface area (TPSA) is 49.6 Å². The van der Waals surface area contributed by atoms with E-state index in [0.717, 1.165) is 26.1 Å². The molecular weight excluding hydrogens is 226 g/mol. The Labute approximate surface area is 111 Å². The van der Waals surface area contributed by atoms with Crippen LogP contribution in [0.5, 0.6) is 0 Å². The van der Waals surface area contributed by atoms with Gasteiger partial charge in [-0.15, -0.1) is 0 Å².